The van der Waals surface area contributed by atoms with Crippen molar-refractivity contribution in [2.24, 2.45) is 11.8 Å². The molecule has 1 heterocycles. The van der Waals surface area contributed by atoms with Gasteiger partial charge in [-0.1, -0.05) is 13.3 Å². The number of nitrogen functional groups attached to an aromatic ring is 1. The number of pyridine rings is 1. The first-order chi connectivity index (χ1) is 10.0. The second kappa shape index (κ2) is 6.72. The smallest absolute Gasteiger partial charge is 0.246 e. The Morgan fingerprint density at radius 2 is 2.05 bits per heavy atom. The fourth-order valence-corrected chi connectivity index (χ4v) is 4.49. The number of nitrogens with zero attached hydrogens (tertiary/aromatic N) is 2. The van der Waals surface area contributed by atoms with Crippen molar-refractivity contribution in [3.63, 3.8) is 0 Å². The SMILES string of the molecule is CCC1CCC(N(C)S(=O)(=O)c2cnccc2NN)CC1. The molecule has 0 aromatic carbocycles. The molecule has 1 aliphatic rings. The summed E-state index contributed by atoms with van der Waals surface area (Å²) in [5.74, 6) is 6.13. The number of hydrogen-bond acceptors (Lipinski definition) is 5. The largest absolute Gasteiger partial charge is 0.323 e. The van der Waals surface area contributed by atoms with E-state index < -0.39 is 10.0 Å². The molecule has 0 aliphatic heterocycles. The van der Waals surface area contributed by atoms with Crippen molar-refractivity contribution in [1.29, 1.82) is 0 Å². The van der Waals surface area contributed by atoms with Gasteiger partial charge in [-0.05, 0) is 37.7 Å². The lowest BCUT2D eigenvalue weighted by Crippen LogP contribution is -2.39. The minimum absolute atomic E-state index is 0.0589. The summed E-state index contributed by atoms with van der Waals surface area (Å²) in [6.07, 6.45) is 8.05. The van der Waals surface area contributed by atoms with E-state index in [0.717, 1.165) is 31.6 Å². The van der Waals surface area contributed by atoms with E-state index >= 15 is 0 Å². The second-order valence-corrected chi connectivity index (χ2v) is 7.59. The number of sulfonamides is 1. The average Bonchev–Trinajstić information content (AvgIpc) is 2.54. The van der Waals surface area contributed by atoms with Crippen LogP contribution in [0, 0.1) is 5.92 Å². The van der Waals surface area contributed by atoms with Crippen LogP contribution in [-0.2, 0) is 10.0 Å². The quantitative estimate of drug-likeness (QED) is 0.641. The third kappa shape index (κ3) is 3.36. The van der Waals surface area contributed by atoms with Crippen molar-refractivity contribution in [3.05, 3.63) is 18.5 Å². The van der Waals surface area contributed by atoms with Gasteiger partial charge >= 0.3 is 0 Å². The maximum Gasteiger partial charge on any atom is 0.246 e. The molecule has 3 N–H and O–H groups in total. The lowest BCUT2D eigenvalue weighted by Gasteiger charge is -2.33. The van der Waals surface area contributed by atoms with Gasteiger partial charge in [-0.25, -0.2) is 8.42 Å². The molecular weight excluding hydrogens is 288 g/mol. The van der Waals surface area contributed by atoms with Gasteiger partial charge in [0.15, 0.2) is 0 Å². The molecule has 1 aromatic rings. The van der Waals surface area contributed by atoms with Gasteiger partial charge in [0.2, 0.25) is 10.0 Å². The molecule has 7 heteroatoms. The van der Waals surface area contributed by atoms with Crippen LogP contribution in [0.25, 0.3) is 0 Å². The predicted molar refractivity (Wildman–Crippen MR) is 83.0 cm³/mol. The van der Waals surface area contributed by atoms with E-state index in [1.54, 1.807) is 13.1 Å². The molecule has 21 heavy (non-hydrogen) atoms. The van der Waals surface area contributed by atoms with Crippen molar-refractivity contribution in [2.45, 2.75) is 50.0 Å². The zero-order chi connectivity index (χ0) is 15.5. The van der Waals surface area contributed by atoms with Gasteiger partial charge in [-0.2, -0.15) is 4.31 Å². The summed E-state index contributed by atoms with van der Waals surface area (Å²) in [4.78, 5) is 4.04. The zero-order valence-electron chi connectivity index (χ0n) is 12.6. The Hall–Kier alpha value is -1.18. The summed E-state index contributed by atoms with van der Waals surface area (Å²) in [6, 6.07) is 1.62. The van der Waals surface area contributed by atoms with Crippen LogP contribution in [-0.4, -0.2) is 30.8 Å². The van der Waals surface area contributed by atoms with Crippen molar-refractivity contribution < 1.29 is 8.42 Å². The molecule has 0 unspecified atom stereocenters. The van der Waals surface area contributed by atoms with Gasteiger partial charge in [-0.3, -0.25) is 10.8 Å². The number of rotatable bonds is 5. The highest BCUT2D eigenvalue weighted by Crippen LogP contribution is 2.32. The predicted octanol–water partition coefficient (Wildman–Crippen LogP) is 1.96. The van der Waals surface area contributed by atoms with Crippen LogP contribution in [0.1, 0.15) is 39.0 Å². The summed E-state index contributed by atoms with van der Waals surface area (Å²) in [6.45, 7) is 2.19. The summed E-state index contributed by atoms with van der Waals surface area (Å²) < 4.78 is 27.0. The van der Waals surface area contributed by atoms with Crippen molar-refractivity contribution in [1.82, 2.24) is 9.29 Å². The number of nitrogens with two attached hydrogens (primary N) is 1. The molecule has 1 aliphatic carbocycles. The molecule has 0 saturated heterocycles. The van der Waals surface area contributed by atoms with E-state index in [4.69, 9.17) is 5.84 Å². The van der Waals surface area contributed by atoms with Gasteiger partial charge < -0.3 is 5.43 Å². The van der Waals surface area contributed by atoms with E-state index in [-0.39, 0.29) is 10.9 Å². The molecule has 0 spiro atoms. The highest BCUT2D eigenvalue weighted by atomic mass is 32.2. The first-order valence-corrected chi connectivity index (χ1v) is 8.83. The van der Waals surface area contributed by atoms with E-state index in [1.165, 1.54) is 23.1 Å². The molecule has 1 aromatic heterocycles. The molecule has 1 fully saturated rings. The lowest BCUT2D eigenvalue weighted by atomic mass is 9.85. The van der Waals surface area contributed by atoms with Crippen LogP contribution < -0.4 is 11.3 Å². The monoisotopic (exact) mass is 312 g/mol. The van der Waals surface area contributed by atoms with Gasteiger partial charge in [0, 0.05) is 25.5 Å². The van der Waals surface area contributed by atoms with Crippen LogP contribution in [0.15, 0.2) is 23.4 Å². The molecule has 0 radical (unpaired) electrons. The first-order valence-electron chi connectivity index (χ1n) is 7.39. The average molecular weight is 312 g/mol. The van der Waals surface area contributed by atoms with Crippen LogP contribution in [0.2, 0.25) is 0 Å². The van der Waals surface area contributed by atoms with Crippen molar-refractivity contribution in [2.75, 3.05) is 12.5 Å². The Morgan fingerprint density at radius 1 is 1.38 bits per heavy atom. The Balaban J connectivity index is 2.19. The van der Waals surface area contributed by atoms with Gasteiger partial charge in [0.1, 0.15) is 4.90 Å². The van der Waals surface area contributed by atoms with E-state index in [0.29, 0.717) is 5.69 Å². The Bertz CT molecular complexity index is 568. The molecule has 0 amide bonds. The van der Waals surface area contributed by atoms with Crippen molar-refractivity contribution in [3.8, 4) is 0 Å². The Kier molecular flexibility index (Phi) is 5.18. The van der Waals surface area contributed by atoms with E-state index in [9.17, 15) is 8.42 Å². The van der Waals surface area contributed by atoms with Gasteiger partial charge in [0.25, 0.3) is 0 Å². The number of nitrogens with one attached hydrogen (secondary N) is 1. The fourth-order valence-electron chi connectivity index (χ4n) is 2.97. The molecular formula is C14H24N4O2S. The highest BCUT2D eigenvalue weighted by molar-refractivity contribution is 7.89. The summed E-state index contributed by atoms with van der Waals surface area (Å²) in [7, 11) is -1.92. The molecule has 118 valence electrons. The number of hydrogen-bond donors (Lipinski definition) is 2. The van der Waals surface area contributed by atoms with Crippen LogP contribution in [0.4, 0.5) is 5.69 Å². The minimum atomic E-state index is -3.58. The van der Waals surface area contributed by atoms with Crippen molar-refractivity contribution >= 4 is 15.7 Å². The first kappa shape index (κ1) is 16.2. The Morgan fingerprint density at radius 3 is 2.62 bits per heavy atom. The maximum atomic E-state index is 12.8. The van der Waals surface area contributed by atoms with E-state index in [2.05, 4.69) is 17.3 Å². The second-order valence-electron chi connectivity index (χ2n) is 5.62. The standard InChI is InChI=1S/C14H24N4O2S/c1-3-11-4-6-12(7-5-11)18(2)21(19,20)14-10-16-9-8-13(14)17-15/h8-12H,3-7,15H2,1-2H3,(H,16,17). The lowest BCUT2D eigenvalue weighted by molar-refractivity contribution is 0.233. The molecule has 6 nitrogen and oxygen atoms in total. The molecule has 0 bridgehead atoms. The normalized spacial score (nSPS) is 23.2. The summed E-state index contributed by atoms with van der Waals surface area (Å²) in [5.41, 5.74) is 2.80. The third-order valence-electron chi connectivity index (χ3n) is 4.50. The zero-order valence-corrected chi connectivity index (χ0v) is 13.4. The number of aromatic nitrogens is 1. The van der Waals surface area contributed by atoms with Gasteiger partial charge in [-0.15, -0.1) is 0 Å². The Labute approximate surface area is 126 Å². The van der Waals surface area contributed by atoms with Crippen LogP contribution in [0.5, 0.6) is 0 Å². The molecule has 0 atom stereocenters. The highest BCUT2D eigenvalue weighted by Gasteiger charge is 2.32. The fraction of sp³-hybridized carbons (Fsp3) is 0.643. The minimum Gasteiger partial charge on any atom is -0.323 e. The summed E-state index contributed by atoms with van der Waals surface area (Å²) >= 11 is 0. The number of anilines is 1. The van der Waals surface area contributed by atoms with Crippen LogP contribution in [0.3, 0.4) is 0 Å². The maximum absolute atomic E-state index is 12.8. The summed E-state index contributed by atoms with van der Waals surface area (Å²) in [5, 5.41) is 0. The molecule has 1 saturated carbocycles. The molecule has 2 rings (SSSR count). The van der Waals surface area contributed by atoms with E-state index in [1.807, 2.05) is 0 Å². The van der Waals surface area contributed by atoms with Crippen LogP contribution >= 0.6 is 0 Å². The van der Waals surface area contributed by atoms with Gasteiger partial charge in [0.05, 0.1) is 5.69 Å². The third-order valence-corrected chi connectivity index (χ3v) is 6.44. The number of hydrazine groups is 1. The topological polar surface area (TPSA) is 88.3 Å².